The highest BCUT2D eigenvalue weighted by Gasteiger charge is 2.13. The van der Waals surface area contributed by atoms with Crippen LogP contribution >= 0.6 is 11.6 Å². The zero-order valence-corrected chi connectivity index (χ0v) is 13.7. The second-order valence-electron chi connectivity index (χ2n) is 5.64. The maximum absolute atomic E-state index is 6.03. The molecule has 0 aromatic heterocycles. The van der Waals surface area contributed by atoms with Crippen LogP contribution in [0.1, 0.15) is 51.0 Å². The molecule has 0 amide bonds. The van der Waals surface area contributed by atoms with Gasteiger partial charge in [0.1, 0.15) is 0 Å². The van der Waals surface area contributed by atoms with Crippen LogP contribution in [0.25, 0.3) is 0 Å². The van der Waals surface area contributed by atoms with Crippen molar-refractivity contribution in [1.82, 2.24) is 4.90 Å². The van der Waals surface area contributed by atoms with Crippen LogP contribution in [0, 0.1) is 0 Å². The van der Waals surface area contributed by atoms with Crippen LogP contribution < -0.4 is 5.73 Å². The zero-order valence-electron chi connectivity index (χ0n) is 12.9. The summed E-state index contributed by atoms with van der Waals surface area (Å²) < 4.78 is 0. The Labute approximate surface area is 129 Å². The van der Waals surface area contributed by atoms with Gasteiger partial charge in [-0.15, -0.1) is 0 Å². The fourth-order valence-corrected chi connectivity index (χ4v) is 2.77. The van der Waals surface area contributed by atoms with Gasteiger partial charge in [-0.2, -0.15) is 0 Å². The molecule has 0 bridgehead atoms. The van der Waals surface area contributed by atoms with E-state index in [0.717, 1.165) is 18.1 Å². The molecule has 2 N–H and O–H groups in total. The predicted molar refractivity (Wildman–Crippen MR) is 89.1 cm³/mol. The van der Waals surface area contributed by atoms with E-state index in [1.807, 2.05) is 18.2 Å². The monoisotopic (exact) mass is 296 g/mol. The van der Waals surface area contributed by atoms with Crippen molar-refractivity contribution in [1.29, 1.82) is 0 Å². The molecule has 0 aliphatic rings. The number of hydrogen-bond donors (Lipinski definition) is 1. The van der Waals surface area contributed by atoms with E-state index >= 15 is 0 Å². The molecule has 1 aromatic rings. The van der Waals surface area contributed by atoms with Crippen LogP contribution in [0.3, 0.4) is 0 Å². The Kier molecular flexibility index (Phi) is 8.92. The summed E-state index contributed by atoms with van der Waals surface area (Å²) in [6, 6.07) is 8.55. The molecule has 0 aliphatic carbocycles. The average Bonchev–Trinajstić information content (AvgIpc) is 2.42. The molecule has 3 heteroatoms. The molecule has 1 unspecified atom stereocenters. The lowest BCUT2D eigenvalue weighted by Crippen LogP contribution is -2.37. The summed E-state index contributed by atoms with van der Waals surface area (Å²) in [6.07, 6.45) is 7.81. The number of hydrogen-bond acceptors (Lipinski definition) is 2. The summed E-state index contributed by atoms with van der Waals surface area (Å²) in [7, 11) is 2.16. The van der Waals surface area contributed by atoms with E-state index < -0.39 is 0 Å². The maximum Gasteiger partial charge on any atom is 0.0409 e. The van der Waals surface area contributed by atoms with Crippen molar-refractivity contribution in [3.8, 4) is 0 Å². The van der Waals surface area contributed by atoms with E-state index in [9.17, 15) is 0 Å². The summed E-state index contributed by atoms with van der Waals surface area (Å²) in [5.74, 6) is 0. The molecule has 2 nitrogen and oxygen atoms in total. The van der Waals surface area contributed by atoms with Gasteiger partial charge in [-0.3, -0.25) is 4.90 Å². The van der Waals surface area contributed by atoms with Gasteiger partial charge >= 0.3 is 0 Å². The van der Waals surface area contributed by atoms with E-state index in [4.69, 9.17) is 17.3 Å². The van der Waals surface area contributed by atoms with Gasteiger partial charge in [-0.05, 0) is 31.2 Å². The van der Waals surface area contributed by atoms with Gasteiger partial charge in [0.2, 0.25) is 0 Å². The van der Waals surface area contributed by atoms with Crippen molar-refractivity contribution in [3.63, 3.8) is 0 Å². The van der Waals surface area contributed by atoms with E-state index in [-0.39, 0.29) is 0 Å². The predicted octanol–water partition coefficient (Wildman–Crippen LogP) is 4.46. The first-order chi connectivity index (χ1) is 9.67. The summed E-state index contributed by atoms with van der Waals surface area (Å²) in [4.78, 5) is 2.35. The Morgan fingerprint density at radius 1 is 1.20 bits per heavy atom. The second kappa shape index (κ2) is 10.2. The van der Waals surface area contributed by atoms with Crippen LogP contribution in [-0.2, 0) is 6.54 Å². The van der Waals surface area contributed by atoms with Crippen LogP contribution in [0.2, 0.25) is 5.02 Å². The Morgan fingerprint density at radius 3 is 2.60 bits per heavy atom. The summed E-state index contributed by atoms with van der Waals surface area (Å²) in [6.45, 7) is 3.89. The fraction of sp³-hybridized carbons (Fsp3) is 0.647. The van der Waals surface area contributed by atoms with Gasteiger partial charge in [0.25, 0.3) is 0 Å². The molecule has 1 atom stereocenters. The van der Waals surface area contributed by atoms with Gasteiger partial charge in [-0.25, -0.2) is 0 Å². The smallest absolute Gasteiger partial charge is 0.0409 e. The average molecular weight is 297 g/mol. The Morgan fingerprint density at radius 2 is 1.95 bits per heavy atom. The van der Waals surface area contributed by atoms with Crippen molar-refractivity contribution in [2.45, 2.75) is 58.0 Å². The minimum atomic E-state index is 0.468. The third-order valence-electron chi connectivity index (χ3n) is 3.86. The Hall–Kier alpha value is -0.570. The molecule has 20 heavy (non-hydrogen) atoms. The third kappa shape index (κ3) is 6.74. The second-order valence-corrected chi connectivity index (χ2v) is 6.07. The lowest BCUT2D eigenvalue weighted by atomic mass is 10.0. The zero-order chi connectivity index (χ0) is 14.8. The first kappa shape index (κ1) is 17.5. The molecule has 114 valence electrons. The third-order valence-corrected chi connectivity index (χ3v) is 4.09. The minimum Gasteiger partial charge on any atom is -0.329 e. The SMILES string of the molecule is CCCCCCCC(CN)N(C)Cc1cccc(Cl)c1. The molecule has 0 radical (unpaired) electrons. The van der Waals surface area contributed by atoms with Crippen LogP contribution in [0.5, 0.6) is 0 Å². The lowest BCUT2D eigenvalue weighted by molar-refractivity contribution is 0.222. The number of nitrogens with zero attached hydrogens (tertiary/aromatic N) is 1. The first-order valence-corrected chi connectivity index (χ1v) is 8.20. The molecule has 1 aromatic carbocycles. The molecule has 0 saturated carbocycles. The largest absolute Gasteiger partial charge is 0.329 e. The molecule has 0 heterocycles. The van der Waals surface area contributed by atoms with Gasteiger partial charge in [0, 0.05) is 24.2 Å². The highest BCUT2D eigenvalue weighted by atomic mass is 35.5. The topological polar surface area (TPSA) is 29.3 Å². The quantitative estimate of drug-likeness (QED) is 0.646. The highest BCUT2D eigenvalue weighted by Crippen LogP contribution is 2.15. The Bertz CT molecular complexity index is 368. The van der Waals surface area contributed by atoms with E-state index in [2.05, 4.69) is 24.9 Å². The van der Waals surface area contributed by atoms with Gasteiger partial charge < -0.3 is 5.73 Å². The van der Waals surface area contributed by atoms with E-state index in [0.29, 0.717) is 6.04 Å². The highest BCUT2D eigenvalue weighted by molar-refractivity contribution is 6.30. The van der Waals surface area contributed by atoms with E-state index in [1.165, 1.54) is 44.1 Å². The molecule has 0 saturated heterocycles. The number of unbranched alkanes of at least 4 members (excludes halogenated alkanes) is 4. The molecular formula is C17H29ClN2. The molecule has 0 fully saturated rings. The first-order valence-electron chi connectivity index (χ1n) is 7.82. The Balaban J connectivity index is 2.36. The number of benzene rings is 1. The summed E-state index contributed by atoms with van der Waals surface area (Å²) in [5, 5.41) is 0.805. The van der Waals surface area contributed by atoms with Gasteiger partial charge in [-0.1, -0.05) is 62.8 Å². The van der Waals surface area contributed by atoms with Crippen LogP contribution in [-0.4, -0.2) is 24.5 Å². The number of nitrogens with two attached hydrogens (primary N) is 1. The van der Waals surface area contributed by atoms with Gasteiger partial charge in [0.15, 0.2) is 0 Å². The van der Waals surface area contributed by atoms with Gasteiger partial charge in [0.05, 0.1) is 0 Å². The molecule has 0 spiro atoms. The molecule has 1 rings (SSSR count). The van der Waals surface area contributed by atoms with Crippen LogP contribution in [0.4, 0.5) is 0 Å². The number of halogens is 1. The maximum atomic E-state index is 6.03. The van der Waals surface area contributed by atoms with Crippen molar-refractivity contribution in [2.75, 3.05) is 13.6 Å². The summed E-state index contributed by atoms with van der Waals surface area (Å²) >= 11 is 6.03. The lowest BCUT2D eigenvalue weighted by Gasteiger charge is -2.27. The van der Waals surface area contributed by atoms with Crippen molar-refractivity contribution >= 4 is 11.6 Å². The minimum absolute atomic E-state index is 0.468. The molecule has 0 aliphatic heterocycles. The van der Waals surface area contributed by atoms with Crippen molar-refractivity contribution in [2.24, 2.45) is 5.73 Å². The number of rotatable bonds is 10. The number of likely N-dealkylation sites (N-methyl/N-ethyl adjacent to an activating group) is 1. The fourth-order valence-electron chi connectivity index (χ4n) is 2.55. The molecular weight excluding hydrogens is 268 g/mol. The summed E-state index contributed by atoms with van der Waals surface area (Å²) in [5.41, 5.74) is 7.18. The van der Waals surface area contributed by atoms with Crippen molar-refractivity contribution < 1.29 is 0 Å². The van der Waals surface area contributed by atoms with Crippen LogP contribution in [0.15, 0.2) is 24.3 Å². The van der Waals surface area contributed by atoms with E-state index in [1.54, 1.807) is 0 Å². The van der Waals surface area contributed by atoms with Crippen molar-refractivity contribution in [3.05, 3.63) is 34.9 Å². The normalized spacial score (nSPS) is 12.8. The standard InChI is InChI=1S/C17H29ClN2/c1-3-4-5-6-7-11-17(13-19)20(2)14-15-9-8-10-16(18)12-15/h8-10,12,17H,3-7,11,13-14,19H2,1-2H3.